The molecular formula is C16H24N2O2. The molecule has 20 heavy (non-hydrogen) atoms. The topological polar surface area (TPSA) is 41.6 Å². The fraction of sp³-hybridized carbons (Fsp3) is 0.562. The van der Waals surface area contributed by atoms with Crippen LogP contribution in [0.3, 0.4) is 0 Å². The van der Waals surface area contributed by atoms with Crippen molar-refractivity contribution in [1.29, 1.82) is 0 Å². The van der Waals surface area contributed by atoms with E-state index in [1.807, 2.05) is 35.2 Å². The number of benzene rings is 1. The second kappa shape index (κ2) is 7.29. The number of amides is 1. The Balaban J connectivity index is 1.91. The molecule has 110 valence electrons. The summed E-state index contributed by atoms with van der Waals surface area (Å²) in [7, 11) is 0. The highest BCUT2D eigenvalue weighted by molar-refractivity contribution is 5.78. The Morgan fingerprint density at radius 3 is 2.70 bits per heavy atom. The summed E-state index contributed by atoms with van der Waals surface area (Å²) in [6, 6.07) is 10.2. The van der Waals surface area contributed by atoms with Gasteiger partial charge in [-0.2, -0.15) is 0 Å². The number of nitrogens with one attached hydrogen (secondary N) is 1. The highest BCUT2D eigenvalue weighted by atomic mass is 16.5. The van der Waals surface area contributed by atoms with Gasteiger partial charge >= 0.3 is 0 Å². The molecule has 0 spiro atoms. The van der Waals surface area contributed by atoms with Crippen molar-refractivity contribution in [3.63, 3.8) is 0 Å². The van der Waals surface area contributed by atoms with Crippen LogP contribution < -0.4 is 10.1 Å². The van der Waals surface area contributed by atoms with Gasteiger partial charge in [0.25, 0.3) is 5.91 Å². The molecule has 4 heteroatoms. The van der Waals surface area contributed by atoms with Gasteiger partial charge in [-0.15, -0.1) is 0 Å². The van der Waals surface area contributed by atoms with E-state index in [2.05, 4.69) is 19.2 Å². The number of hydrogen-bond donors (Lipinski definition) is 1. The fourth-order valence-corrected chi connectivity index (χ4v) is 2.55. The third kappa shape index (κ3) is 3.73. The van der Waals surface area contributed by atoms with E-state index in [1.54, 1.807) is 0 Å². The Bertz CT molecular complexity index is 422. The summed E-state index contributed by atoms with van der Waals surface area (Å²) in [4.78, 5) is 14.4. The zero-order chi connectivity index (χ0) is 14.4. The number of ether oxygens (including phenoxy) is 1. The number of nitrogens with zero attached hydrogens (tertiary/aromatic N) is 1. The Morgan fingerprint density at radius 1 is 1.30 bits per heavy atom. The summed E-state index contributed by atoms with van der Waals surface area (Å²) in [6.45, 7) is 6.05. The predicted octanol–water partition coefficient (Wildman–Crippen LogP) is 2.05. The molecule has 2 rings (SSSR count). The molecule has 1 N–H and O–H groups in total. The Kier molecular flexibility index (Phi) is 5.41. The van der Waals surface area contributed by atoms with E-state index < -0.39 is 0 Å². The number of carbonyl (C=O) groups excluding carboxylic acids is 1. The van der Waals surface area contributed by atoms with Crippen molar-refractivity contribution < 1.29 is 9.53 Å². The number of hydrogen-bond acceptors (Lipinski definition) is 3. The normalized spacial score (nSPS) is 22.6. The number of para-hydroxylation sites is 1. The molecule has 0 bridgehead atoms. The van der Waals surface area contributed by atoms with Gasteiger partial charge in [0.15, 0.2) is 6.61 Å². The maximum absolute atomic E-state index is 12.4. The summed E-state index contributed by atoms with van der Waals surface area (Å²) in [5.74, 6) is 0.830. The van der Waals surface area contributed by atoms with Gasteiger partial charge in [0.2, 0.25) is 0 Å². The van der Waals surface area contributed by atoms with E-state index in [0.717, 1.165) is 31.7 Å². The van der Waals surface area contributed by atoms with Crippen LogP contribution in [0.2, 0.25) is 0 Å². The van der Waals surface area contributed by atoms with Crippen molar-refractivity contribution >= 4 is 5.91 Å². The largest absolute Gasteiger partial charge is 0.484 e. The van der Waals surface area contributed by atoms with Gasteiger partial charge in [-0.1, -0.05) is 32.0 Å². The molecule has 1 aliphatic heterocycles. The lowest BCUT2D eigenvalue weighted by Crippen LogP contribution is -2.58. The van der Waals surface area contributed by atoms with Crippen molar-refractivity contribution in [1.82, 2.24) is 10.2 Å². The minimum absolute atomic E-state index is 0.0839. The zero-order valence-corrected chi connectivity index (χ0v) is 12.3. The maximum atomic E-state index is 12.4. The minimum atomic E-state index is 0.0839. The van der Waals surface area contributed by atoms with Gasteiger partial charge in [-0.3, -0.25) is 4.79 Å². The number of piperazine rings is 1. The van der Waals surface area contributed by atoms with Crippen LogP contribution in [0.5, 0.6) is 5.75 Å². The van der Waals surface area contributed by atoms with Crippen molar-refractivity contribution in [3.8, 4) is 5.75 Å². The summed E-state index contributed by atoms with van der Waals surface area (Å²) in [5.41, 5.74) is 0. The lowest BCUT2D eigenvalue weighted by Gasteiger charge is -2.39. The first kappa shape index (κ1) is 14.9. The first-order valence-corrected chi connectivity index (χ1v) is 7.45. The molecule has 1 amide bonds. The van der Waals surface area contributed by atoms with Crippen LogP contribution in [0.25, 0.3) is 0 Å². The van der Waals surface area contributed by atoms with Gasteiger partial charge in [-0.05, 0) is 25.0 Å². The van der Waals surface area contributed by atoms with Crippen LogP contribution in [-0.4, -0.2) is 42.6 Å². The molecule has 1 aromatic rings. The van der Waals surface area contributed by atoms with E-state index in [-0.39, 0.29) is 18.6 Å². The molecule has 1 aromatic carbocycles. The molecule has 2 atom stereocenters. The maximum Gasteiger partial charge on any atom is 0.260 e. The molecule has 0 aromatic heterocycles. The SMILES string of the molecule is CCC1CN(C(=O)COc2ccccc2)C(CC)CN1. The molecule has 0 aliphatic carbocycles. The highest BCUT2D eigenvalue weighted by Crippen LogP contribution is 2.14. The molecule has 4 nitrogen and oxygen atoms in total. The van der Waals surface area contributed by atoms with Crippen LogP contribution in [0.1, 0.15) is 26.7 Å². The zero-order valence-electron chi connectivity index (χ0n) is 12.3. The van der Waals surface area contributed by atoms with Gasteiger partial charge in [-0.25, -0.2) is 0 Å². The van der Waals surface area contributed by atoms with Crippen molar-refractivity contribution in [3.05, 3.63) is 30.3 Å². The third-order valence-corrected chi connectivity index (χ3v) is 3.89. The summed E-state index contributed by atoms with van der Waals surface area (Å²) < 4.78 is 5.57. The first-order chi connectivity index (χ1) is 9.74. The first-order valence-electron chi connectivity index (χ1n) is 7.45. The van der Waals surface area contributed by atoms with Crippen molar-refractivity contribution in [2.24, 2.45) is 0 Å². The number of carbonyl (C=O) groups is 1. The minimum Gasteiger partial charge on any atom is -0.484 e. The third-order valence-electron chi connectivity index (χ3n) is 3.89. The van der Waals surface area contributed by atoms with Crippen LogP contribution in [0, 0.1) is 0 Å². The van der Waals surface area contributed by atoms with Crippen molar-refractivity contribution in [2.45, 2.75) is 38.8 Å². The summed E-state index contributed by atoms with van der Waals surface area (Å²) in [6.07, 6.45) is 2.01. The van der Waals surface area contributed by atoms with Crippen LogP contribution in [0.15, 0.2) is 30.3 Å². The molecular weight excluding hydrogens is 252 g/mol. The molecule has 0 saturated carbocycles. The van der Waals surface area contributed by atoms with E-state index in [0.29, 0.717) is 6.04 Å². The molecule has 0 radical (unpaired) electrons. The number of rotatable bonds is 5. The van der Waals surface area contributed by atoms with E-state index in [4.69, 9.17) is 4.74 Å². The van der Waals surface area contributed by atoms with Crippen LogP contribution in [-0.2, 0) is 4.79 Å². The monoisotopic (exact) mass is 276 g/mol. The van der Waals surface area contributed by atoms with Gasteiger partial charge in [0.1, 0.15) is 5.75 Å². The average molecular weight is 276 g/mol. The van der Waals surface area contributed by atoms with E-state index >= 15 is 0 Å². The van der Waals surface area contributed by atoms with Crippen LogP contribution in [0.4, 0.5) is 0 Å². The average Bonchev–Trinajstić information content (AvgIpc) is 2.52. The molecule has 1 saturated heterocycles. The smallest absolute Gasteiger partial charge is 0.260 e. The Morgan fingerprint density at radius 2 is 2.05 bits per heavy atom. The second-order valence-electron chi connectivity index (χ2n) is 5.22. The van der Waals surface area contributed by atoms with Crippen LogP contribution >= 0.6 is 0 Å². The molecule has 1 aliphatic rings. The fourth-order valence-electron chi connectivity index (χ4n) is 2.55. The highest BCUT2D eigenvalue weighted by Gasteiger charge is 2.29. The quantitative estimate of drug-likeness (QED) is 0.895. The molecule has 1 heterocycles. The summed E-state index contributed by atoms with van der Waals surface area (Å²) >= 11 is 0. The lowest BCUT2D eigenvalue weighted by atomic mass is 10.1. The molecule has 2 unspecified atom stereocenters. The van der Waals surface area contributed by atoms with Gasteiger partial charge in [0, 0.05) is 25.2 Å². The predicted molar refractivity (Wildman–Crippen MR) is 79.8 cm³/mol. The Labute approximate surface area is 121 Å². The second-order valence-corrected chi connectivity index (χ2v) is 5.22. The lowest BCUT2D eigenvalue weighted by molar-refractivity contribution is -0.137. The Hall–Kier alpha value is -1.55. The van der Waals surface area contributed by atoms with E-state index in [1.165, 1.54) is 0 Å². The standard InChI is InChI=1S/C16H24N2O2/c1-3-13-11-18(14(4-2)10-17-13)16(19)12-20-15-8-6-5-7-9-15/h5-9,13-14,17H,3-4,10-12H2,1-2H3. The van der Waals surface area contributed by atoms with Crippen molar-refractivity contribution in [2.75, 3.05) is 19.7 Å². The summed E-state index contributed by atoms with van der Waals surface area (Å²) in [5, 5.41) is 3.49. The van der Waals surface area contributed by atoms with E-state index in [9.17, 15) is 4.79 Å². The molecule has 1 fully saturated rings. The van der Waals surface area contributed by atoms with Gasteiger partial charge < -0.3 is 15.0 Å². The van der Waals surface area contributed by atoms with Gasteiger partial charge in [0.05, 0.1) is 0 Å².